The molecular formula is C14H12F3N3O. The molecule has 2 amide bonds. The Bertz CT molecular complexity index is 639. The zero-order valence-corrected chi connectivity index (χ0v) is 11.0. The molecule has 1 aromatic carbocycles. The average molecular weight is 295 g/mol. The van der Waals surface area contributed by atoms with Crippen molar-refractivity contribution in [3.63, 3.8) is 0 Å². The number of carbonyl (C=O) groups excluding carboxylic acids is 1. The molecule has 0 radical (unpaired) electrons. The first-order chi connectivity index (χ1) is 9.86. The number of hydrogen-bond acceptors (Lipinski definition) is 2. The number of hydrogen-bond donors (Lipinski definition) is 2. The molecule has 2 rings (SSSR count). The Hall–Kier alpha value is -2.57. The van der Waals surface area contributed by atoms with Crippen LogP contribution in [0.2, 0.25) is 0 Å². The van der Waals surface area contributed by atoms with E-state index < -0.39 is 17.8 Å². The van der Waals surface area contributed by atoms with E-state index in [2.05, 4.69) is 15.6 Å². The van der Waals surface area contributed by atoms with Gasteiger partial charge in [-0.25, -0.2) is 4.79 Å². The van der Waals surface area contributed by atoms with Crippen LogP contribution in [0.5, 0.6) is 0 Å². The largest absolute Gasteiger partial charge is 0.418 e. The van der Waals surface area contributed by atoms with Crippen molar-refractivity contribution < 1.29 is 18.0 Å². The number of benzene rings is 1. The normalized spacial score (nSPS) is 11.0. The number of amides is 2. The summed E-state index contributed by atoms with van der Waals surface area (Å²) in [5.74, 6) is 0. The molecule has 7 heteroatoms. The summed E-state index contributed by atoms with van der Waals surface area (Å²) in [6, 6.07) is 7.29. The molecule has 2 N–H and O–H groups in total. The van der Waals surface area contributed by atoms with Gasteiger partial charge < -0.3 is 10.6 Å². The molecule has 0 saturated carbocycles. The first-order valence-corrected chi connectivity index (χ1v) is 6.03. The van der Waals surface area contributed by atoms with Gasteiger partial charge in [-0.2, -0.15) is 13.2 Å². The van der Waals surface area contributed by atoms with Gasteiger partial charge in [-0.15, -0.1) is 0 Å². The number of rotatable bonds is 2. The summed E-state index contributed by atoms with van der Waals surface area (Å²) < 4.78 is 38.4. The van der Waals surface area contributed by atoms with Crippen molar-refractivity contribution in [1.82, 2.24) is 4.98 Å². The number of nitrogens with zero attached hydrogens (tertiary/aromatic N) is 1. The predicted molar refractivity (Wildman–Crippen MR) is 73.1 cm³/mol. The lowest BCUT2D eigenvalue weighted by molar-refractivity contribution is -0.136. The van der Waals surface area contributed by atoms with E-state index in [4.69, 9.17) is 0 Å². The topological polar surface area (TPSA) is 54.0 Å². The summed E-state index contributed by atoms with van der Waals surface area (Å²) in [6.07, 6.45) is -3.11. The van der Waals surface area contributed by atoms with E-state index in [-0.39, 0.29) is 5.69 Å². The van der Waals surface area contributed by atoms with E-state index in [1.807, 2.05) is 0 Å². The average Bonchev–Trinajstić information content (AvgIpc) is 2.41. The van der Waals surface area contributed by atoms with Crippen LogP contribution in [0.4, 0.5) is 29.3 Å². The molecule has 0 atom stereocenters. The van der Waals surface area contributed by atoms with Crippen LogP contribution < -0.4 is 10.6 Å². The summed E-state index contributed by atoms with van der Waals surface area (Å²) in [5.41, 5.74) is -0.0456. The molecule has 4 nitrogen and oxygen atoms in total. The zero-order valence-electron chi connectivity index (χ0n) is 11.0. The molecule has 0 bridgehead atoms. The third-order valence-corrected chi connectivity index (χ3v) is 2.65. The lowest BCUT2D eigenvalue weighted by Crippen LogP contribution is -2.21. The fourth-order valence-electron chi connectivity index (χ4n) is 1.67. The highest BCUT2D eigenvalue weighted by Gasteiger charge is 2.33. The standard InChI is InChI=1S/C14H12F3N3O/c1-9-6-7-10(8-18-9)19-13(21)20-12-5-3-2-4-11(12)14(15,16)17/h2-8H,1H3,(H2,19,20,21). The van der Waals surface area contributed by atoms with Gasteiger partial charge in [0.15, 0.2) is 0 Å². The van der Waals surface area contributed by atoms with Crippen molar-refractivity contribution >= 4 is 17.4 Å². The molecule has 1 aromatic heterocycles. The van der Waals surface area contributed by atoms with Crippen LogP contribution in [0.3, 0.4) is 0 Å². The minimum absolute atomic E-state index is 0.303. The van der Waals surface area contributed by atoms with Gasteiger partial charge >= 0.3 is 12.2 Å². The van der Waals surface area contributed by atoms with Gasteiger partial charge in [0.2, 0.25) is 0 Å². The maximum Gasteiger partial charge on any atom is 0.418 e. The molecule has 0 fully saturated rings. The van der Waals surface area contributed by atoms with Gasteiger partial charge in [-0.3, -0.25) is 4.98 Å². The predicted octanol–water partition coefficient (Wildman–Crippen LogP) is 4.05. The smallest absolute Gasteiger partial charge is 0.307 e. The van der Waals surface area contributed by atoms with E-state index in [1.54, 1.807) is 19.1 Å². The molecule has 0 aliphatic carbocycles. The number of carbonyl (C=O) groups is 1. The number of pyridine rings is 1. The Morgan fingerprint density at radius 1 is 1.10 bits per heavy atom. The van der Waals surface area contributed by atoms with Gasteiger partial charge in [0.05, 0.1) is 23.1 Å². The summed E-state index contributed by atoms with van der Waals surface area (Å²) in [4.78, 5) is 15.7. The van der Waals surface area contributed by atoms with Crippen LogP contribution in [0.25, 0.3) is 0 Å². The quantitative estimate of drug-likeness (QED) is 0.878. The van der Waals surface area contributed by atoms with Gasteiger partial charge in [0.25, 0.3) is 0 Å². The number of aromatic nitrogens is 1. The molecule has 2 aromatic rings. The van der Waals surface area contributed by atoms with Crippen LogP contribution in [0.1, 0.15) is 11.3 Å². The lowest BCUT2D eigenvalue weighted by atomic mass is 10.1. The van der Waals surface area contributed by atoms with Gasteiger partial charge in [0.1, 0.15) is 0 Å². The number of anilines is 2. The Kier molecular flexibility index (Phi) is 4.11. The Balaban J connectivity index is 2.11. The molecule has 21 heavy (non-hydrogen) atoms. The molecule has 0 spiro atoms. The van der Waals surface area contributed by atoms with Crippen LogP contribution in [0.15, 0.2) is 42.6 Å². The third kappa shape index (κ3) is 3.95. The highest BCUT2D eigenvalue weighted by molar-refractivity contribution is 6.00. The van der Waals surface area contributed by atoms with Crippen molar-refractivity contribution in [1.29, 1.82) is 0 Å². The molecule has 0 aliphatic rings. The minimum Gasteiger partial charge on any atom is -0.307 e. The first-order valence-electron chi connectivity index (χ1n) is 6.03. The Morgan fingerprint density at radius 3 is 2.43 bits per heavy atom. The number of aryl methyl sites for hydroxylation is 1. The molecule has 0 aliphatic heterocycles. The fraction of sp³-hybridized carbons (Fsp3) is 0.143. The second-order valence-corrected chi connectivity index (χ2v) is 4.31. The molecule has 0 saturated heterocycles. The van der Waals surface area contributed by atoms with Gasteiger partial charge in [-0.05, 0) is 31.2 Å². The number of halogens is 3. The van der Waals surface area contributed by atoms with Crippen molar-refractivity contribution in [2.24, 2.45) is 0 Å². The van der Waals surface area contributed by atoms with E-state index in [0.29, 0.717) is 5.69 Å². The first kappa shape index (κ1) is 14.8. The molecular weight excluding hydrogens is 283 g/mol. The van der Waals surface area contributed by atoms with Crippen molar-refractivity contribution in [2.75, 3.05) is 10.6 Å². The number of urea groups is 1. The van der Waals surface area contributed by atoms with E-state index in [9.17, 15) is 18.0 Å². The van der Waals surface area contributed by atoms with E-state index in [1.165, 1.54) is 24.4 Å². The van der Waals surface area contributed by atoms with Crippen molar-refractivity contribution in [2.45, 2.75) is 13.1 Å². The third-order valence-electron chi connectivity index (χ3n) is 2.65. The van der Waals surface area contributed by atoms with Crippen LogP contribution >= 0.6 is 0 Å². The van der Waals surface area contributed by atoms with Crippen molar-refractivity contribution in [3.05, 3.63) is 53.9 Å². The fourth-order valence-corrected chi connectivity index (χ4v) is 1.67. The van der Waals surface area contributed by atoms with Crippen molar-refractivity contribution in [3.8, 4) is 0 Å². The van der Waals surface area contributed by atoms with Gasteiger partial charge in [0, 0.05) is 5.69 Å². The van der Waals surface area contributed by atoms with Gasteiger partial charge in [-0.1, -0.05) is 12.1 Å². The summed E-state index contributed by atoms with van der Waals surface area (Å²) in [7, 11) is 0. The number of nitrogens with one attached hydrogen (secondary N) is 2. The Morgan fingerprint density at radius 2 is 1.81 bits per heavy atom. The van der Waals surface area contributed by atoms with E-state index in [0.717, 1.165) is 11.8 Å². The molecule has 1 heterocycles. The monoisotopic (exact) mass is 295 g/mol. The summed E-state index contributed by atoms with van der Waals surface area (Å²) >= 11 is 0. The minimum atomic E-state index is -4.53. The number of alkyl halides is 3. The van der Waals surface area contributed by atoms with E-state index >= 15 is 0 Å². The molecule has 0 unspecified atom stereocenters. The Labute approximate surface area is 119 Å². The zero-order chi connectivity index (χ0) is 15.5. The van der Waals surface area contributed by atoms with Crippen LogP contribution in [-0.4, -0.2) is 11.0 Å². The maximum absolute atomic E-state index is 12.8. The second-order valence-electron chi connectivity index (χ2n) is 4.31. The molecule has 110 valence electrons. The second kappa shape index (κ2) is 5.82. The SMILES string of the molecule is Cc1ccc(NC(=O)Nc2ccccc2C(F)(F)F)cn1. The summed E-state index contributed by atoms with van der Waals surface area (Å²) in [5, 5.41) is 4.60. The maximum atomic E-state index is 12.8. The highest BCUT2D eigenvalue weighted by atomic mass is 19.4. The number of para-hydroxylation sites is 1. The van der Waals surface area contributed by atoms with Crippen LogP contribution in [-0.2, 0) is 6.18 Å². The van der Waals surface area contributed by atoms with Crippen LogP contribution in [0, 0.1) is 6.92 Å². The lowest BCUT2D eigenvalue weighted by Gasteiger charge is -2.14. The summed E-state index contributed by atoms with van der Waals surface area (Å²) in [6.45, 7) is 1.78. The highest BCUT2D eigenvalue weighted by Crippen LogP contribution is 2.34.